The van der Waals surface area contributed by atoms with E-state index in [2.05, 4.69) is 0 Å². The second-order valence-electron chi connectivity index (χ2n) is 3.43. The van der Waals surface area contributed by atoms with Crippen LogP contribution >= 0.6 is 22.6 Å². The standard InChI is InChI=1S/C10H11FIN/c11-10-7-2-1-3-9(13)6(7)4-5-8(10)12/h4-5,9H,1-3,13H2. The Balaban J connectivity index is 2.56. The van der Waals surface area contributed by atoms with Crippen molar-refractivity contribution in [1.82, 2.24) is 0 Å². The number of fused-ring (bicyclic) bond motifs is 1. The van der Waals surface area contributed by atoms with Gasteiger partial charge in [-0.05, 0) is 59.0 Å². The van der Waals surface area contributed by atoms with Gasteiger partial charge in [0.2, 0.25) is 0 Å². The van der Waals surface area contributed by atoms with Gasteiger partial charge in [0.1, 0.15) is 5.82 Å². The molecule has 1 aliphatic rings. The predicted octanol–water partition coefficient (Wildman–Crippen LogP) is 2.77. The molecule has 1 atom stereocenters. The molecule has 0 radical (unpaired) electrons. The molecule has 70 valence electrons. The third-order valence-corrected chi connectivity index (χ3v) is 3.41. The van der Waals surface area contributed by atoms with Crippen LogP contribution in [0, 0.1) is 9.39 Å². The fourth-order valence-electron chi connectivity index (χ4n) is 1.86. The number of rotatable bonds is 0. The first-order valence-corrected chi connectivity index (χ1v) is 5.50. The quantitative estimate of drug-likeness (QED) is 0.731. The fourth-order valence-corrected chi connectivity index (χ4v) is 2.37. The first kappa shape index (κ1) is 9.40. The zero-order chi connectivity index (χ0) is 9.42. The van der Waals surface area contributed by atoms with Crippen LogP contribution in [0.1, 0.15) is 30.0 Å². The van der Waals surface area contributed by atoms with Gasteiger partial charge in [-0.1, -0.05) is 6.07 Å². The Morgan fingerprint density at radius 2 is 2.23 bits per heavy atom. The average Bonchev–Trinajstić information content (AvgIpc) is 2.12. The van der Waals surface area contributed by atoms with E-state index in [0.717, 1.165) is 30.4 Å². The molecular formula is C10H11FIN. The van der Waals surface area contributed by atoms with Gasteiger partial charge in [-0.2, -0.15) is 0 Å². The average molecular weight is 291 g/mol. The number of hydrogen-bond donors (Lipinski definition) is 1. The van der Waals surface area contributed by atoms with Crippen molar-refractivity contribution in [2.24, 2.45) is 5.73 Å². The summed E-state index contributed by atoms with van der Waals surface area (Å²) < 4.78 is 14.3. The molecular weight excluding hydrogens is 280 g/mol. The smallest absolute Gasteiger partial charge is 0.140 e. The molecule has 0 aromatic heterocycles. The van der Waals surface area contributed by atoms with Crippen molar-refractivity contribution in [3.05, 3.63) is 32.6 Å². The fraction of sp³-hybridized carbons (Fsp3) is 0.400. The van der Waals surface area contributed by atoms with Crippen LogP contribution in [0.2, 0.25) is 0 Å². The lowest BCUT2D eigenvalue weighted by atomic mass is 9.88. The highest BCUT2D eigenvalue weighted by molar-refractivity contribution is 14.1. The molecule has 1 unspecified atom stereocenters. The molecule has 1 nitrogen and oxygen atoms in total. The van der Waals surface area contributed by atoms with Crippen molar-refractivity contribution in [1.29, 1.82) is 0 Å². The second kappa shape index (κ2) is 3.53. The zero-order valence-corrected chi connectivity index (χ0v) is 9.34. The van der Waals surface area contributed by atoms with Crippen molar-refractivity contribution in [3.8, 4) is 0 Å². The summed E-state index contributed by atoms with van der Waals surface area (Å²) in [4.78, 5) is 0. The van der Waals surface area contributed by atoms with Crippen LogP contribution in [0.25, 0.3) is 0 Å². The van der Waals surface area contributed by atoms with Gasteiger partial charge in [-0.15, -0.1) is 0 Å². The SMILES string of the molecule is NC1CCCc2c1ccc(I)c2F. The van der Waals surface area contributed by atoms with E-state index in [-0.39, 0.29) is 11.9 Å². The Kier molecular flexibility index (Phi) is 2.55. The van der Waals surface area contributed by atoms with Gasteiger partial charge in [-0.25, -0.2) is 4.39 Å². The molecule has 0 saturated heterocycles. The molecule has 1 aromatic rings. The first-order chi connectivity index (χ1) is 6.20. The second-order valence-corrected chi connectivity index (χ2v) is 4.59. The Morgan fingerprint density at radius 1 is 1.46 bits per heavy atom. The number of nitrogens with two attached hydrogens (primary N) is 1. The topological polar surface area (TPSA) is 26.0 Å². The normalized spacial score (nSPS) is 21.3. The molecule has 2 N–H and O–H groups in total. The molecule has 1 aliphatic carbocycles. The van der Waals surface area contributed by atoms with Gasteiger partial charge < -0.3 is 5.73 Å². The van der Waals surface area contributed by atoms with E-state index in [4.69, 9.17) is 5.73 Å². The third kappa shape index (κ3) is 1.59. The summed E-state index contributed by atoms with van der Waals surface area (Å²) in [5.41, 5.74) is 7.74. The lowest BCUT2D eigenvalue weighted by molar-refractivity contribution is 0.528. The van der Waals surface area contributed by atoms with Crippen LogP contribution < -0.4 is 5.73 Å². The van der Waals surface area contributed by atoms with Gasteiger partial charge in [0.05, 0.1) is 0 Å². The summed E-state index contributed by atoms with van der Waals surface area (Å²) >= 11 is 2.02. The Labute approximate surface area is 90.7 Å². The lowest BCUT2D eigenvalue weighted by Gasteiger charge is -2.22. The Bertz CT molecular complexity index is 338. The molecule has 13 heavy (non-hydrogen) atoms. The molecule has 1 aromatic carbocycles. The van der Waals surface area contributed by atoms with Crippen LogP contribution in [-0.2, 0) is 6.42 Å². The van der Waals surface area contributed by atoms with E-state index in [0.29, 0.717) is 3.57 Å². The molecule has 0 spiro atoms. The highest BCUT2D eigenvalue weighted by Gasteiger charge is 2.20. The zero-order valence-electron chi connectivity index (χ0n) is 7.19. The summed E-state index contributed by atoms with van der Waals surface area (Å²) in [5.74, 6) is -0.0618. The van der Waals surface area contributed by atoms with E-state index in [9.17, 15) is 4.39 Å². The minimum atomic E-state index is -0.0618. The molecule has 0 saturated carbocycles. The van der Waals surface area contributed by atoms with Crippen molar-refractivity contribution in [2.75, 3.05) is 0 Å². The van der Waals surface area contributed by atoms with Crippen LogP contribution in [0.5, 0.6) is 0 Å². The minimum absolute atomic E-state index is 0.0373. The molecule has 3 heteroatoms. The maximum Gasteiger partial charge on any atom is 0.140 e. The van der Waals surface area contributed by atoms with Gasteiger partial charge in [0.15, 0.2) is 0 Å². The van der Waals surface area contributed by atoms with Crippen molar-refractivity contribution < 1.29 is 4.39 Å². The van der Waals surface area contributed by atoms with E-state index >= 15 is 0 Å². The maximum absolute atomic E-state index is 13.6. The van der Waals surface area contributed by atoms with Crippen LogP contribution in [-0.4, -0.2) is 0 Å². The highest BCUT2D eigenvalue weighted by atomic mass is 127. The van der Waals surface area contributed by atoms with Crippen molar-refractivity contribution in [3.63, 3.8) is 0 Å². The molecule has 0 heterocycles. The van der Waals surface area contributed by atoms with E-state index in [1.165, 1.54) is 0 Å². The number of hydrogen-bond acceptors (Lipinski definition) is 1. The van der Waals surface area contributed by atoms with Gasteiger partial charge in [-0.3, -0.25) is 0 Å². The molecule has 2 rings (SSSR count). The van der Waals surface area contributed by atoms with Gasteiger partial charge >= 0.3 is 0 Å². The summed E-state index contributed by atoms with van der Waals surface area (Å²) in [6.07, 6.45) is 2.82. The summed E-state index contributed by atoms with van der Waals surface area (Å²) in [6.45, 7) is 0. The van der Waals surface area contributed by atoms with E-state index in [1.54, 1.807) is 6.07 Å². The Hall–Kier alpha value is -0.160. The summed E-state index contributed by atoms with van der Waals surface area (Å²) in [5, 5.41) is 0. The highest BCUT2D eigenvalue weighted by Crippen LogP contribution is 2.31. The number of halogens is 2. The van der Waals surface area contributed by atoms with E-state index in [1.807, 2.05) is 28.7 Å². The monoisotopic (exact) mass is 291 g/mol. The third-order valence-electron chi connectivity index (χ3n) is 2.57. The Morgan fingerprint density at radius 3 is 3.00 bits per heavy atom. The largest absolute Gasteiger partial charge is 0.324 e. The molecule has 0 bridgehead atoms. The predicted molar refractivity (Wildman–Crippen MR) is 59.0 cm³/mol. The number of benzene rings is 1. The van der Waals surface area contributed by atoms with Crippen LogP contribution in [0.3, 0.4) is 0 Å². The lowest BCUT2D eigenvalue weighted by Crippen LogP contribution is -2.18. The molecule has 0 fully saturated rings. The van der Waals surface area contributed by atoms with Crippen molar-refractivity contribution >= 4 is 22.6 Å². The van der Waals surface area contributed by atoms with Crippen molar-refractivity contribution in [2.45, 2.75) is 25.3 Å². The molecule has 0 amide bonds. The van der Waals surface area contributed by atoms with Crippen LogP contribution in [0.4, 0.5) is 4.39 Å². The maximum atomic E-state index is 13.6. The first-order valence-electron chi connectivity index (χ1n) is 4.42. The van der Waals surface area contributed by atoms with Crippen LogP contribution in [0.15, 0.2) is 12.1 Å². The van der Waals surface area contributed by atoms with E-state index < -0.39 is 0 Å². The summed E-state index contributed by atoms with van der Waals surface area (Å²) in [7, 11) is 0. The molecule has 0 aliphatic heterocycles. The van der Waals surface area contributed by atoms with Gasteiger partial charge in [0.25, 0.3) is 0 Å². The minimum Gasteiger partial charge on any atom is -0.324 e. The summed E-state index contributed by atoms with van der Waals surface area (Å²) in [6, 6.07) is 3.81. The van der Waals surface area contributed by atoms with Gasteiger partial charge in [0, 0.05) is 9.61 Å².